The highest BCUT2D eigenvalue weighted by Crippen LogP contribution is 2.28. The summed E-state index contributed by atoms with van der Waals surface area (Å²) in [7, 11) is 0. The molecule has 1 N–H and O–H groups in total. The highest BCUT2D eigenvalue weighted by Gasteiger charge is 2.09. The molecule has 2 aromatic rings. The first-order valence-electron chi connectivity index (χ1n) is 6.45. The van der Waals surface area contributed by atoms with Crippen LogP contribution in [0.1, 0.15) is 18.6 Å². The van der Waals surface area contributed by atoms with Crippen LogP contribution in [0.2, 0.25) is 0 Å². The molecule has 0 saturated carbocycles. The van der Waals surface area contributed by atoms with Crippen LogP contribution in [0.25, 0.3) is 0 Å². The molecule has 0 heterocycles. The van der Waals surface area contributed by atoms with Gasteiger partial charge in [-0.25, -0.2) is 0 Å². The molecule has 3 nitrogen and oxygen atoms in total. The normalized spacial score (nSPS) is 11.9. The summed E-state index contributed by atoms with van der Waals surface area (Å²) in [4.78, 5) is 0. The Balaban J connectivity index is 1.89. The van der Waals surface area contributed by atoms with Crippen molar-refractivity contribution >= 4 is 15.9 Å². The van der Waals surface area contributed by atoms with E-state index in [1.54, 1.807) is 6.92 Å². The third-order valence-electron chi connectivity index (χ3n) is 2.78. The highest BCUT2D eigenvalue weighted by atomic mass is 79.9. The van der Waals surface area contributed by atoms with Crippen molar-refractivity contribution in [3.8, 4) is 11.5 Å². The van der Waals surface area contributed by atoms with Gasteiger partial charge in [-0.2, -0.15) is 0 Å². The molecule has 2 rings (SSSR count). The number of halogens is 1. The number of hydrogen-bond donors (Lipinski definition) is 1. The summed E-state index contributed by atoms with van der Waals surface area (Å²) in [6.45, 7) is 2.59. The lowest BCUT2D eigenvalue weighted by atomic mass is 10.1. The number of ether oxygens (including phenoxy) is 2. The van der Waals surface area contributed by atoms with Gasteiger partial charge in [0.1, 0.15) is 24.7 Å². The van der Waals surface area contributed by atoms with Crippen molar-refractivity contribution in [2.75, 3.05) is 13.2 Å². The molecule has 4 heteroatoms. The Morgan fingerprint density at radius 3 is 2.45 bits per heavy atom. The van der Waals surface area contributed by atoms with E-state index >= 15 is 0 Å². The van der Waals surface area contributed by atoms with Crippen molar-refractivity contribution in [3.63, 3.8) is 0 Å². The van der Waals surface area contributed by atoms with Crippen LogP contribution in [0.4, 0.5) is 0 Å². The lowest BCUT2D eigenvalue weighted by Gasteiger charge is -2.14. The van der Waals surface area contributed by atoms with E-state index in [2.05, 4.69) is 15.9 Å². The van der Waals surface area contributed by atoms with E-state index in [0.29, 0.717) is 19.0 Å². The van der Waals surface area contributed by atoms with E-state index in [0.717, 1.165) is 15.8 Å². The van der Waals surface area contributed by atoms with Gasteiger partial charge in [-0.1, -0.05) is 40.2 Å². The molecule has 0 spiro atoms. The molecule has 0 radical (unpaired) electrons. The van der Waals surface area contributed by atoms with Gasteiger partial charge < -0.3 is 14.6 Å². The van der Waals surface area contributed by atoms with Crippen molar-refractivity contribution in [1.82, 2.24) is 0 Å². The summed E-state index contributed by atoms with van der Waals surface area (Å²) < 4.78 is 12.2. The zero-order valence-electron chi connectivity index (χ0n) is 11.3. The van der Waals surface area contributed by atoms with Gasteiger partial charge in [0.15, 0.2) is 0 Å². The first-order valence-corrected chi connectivity index (χ1v) is 7.24. The fourth-order valence-electron chi connectivity index (χ4n) is 1.81. The SMILES string of the molecule is C[C@H](O)c1ccc(Br)cc1OCCOc1ccccc1. The summed E-state index contributed by atoms with van der Waals surface area (Å²) in [5.41, 5.74) is 0.771. The number of aliphatic hydroxyl groups excluding tert-OH is 1. The average Bonchev–Trinajstić information content (AvgIpc) is 2.44. The Kier molecular flexibility index (Phi) is 5.44. The Morgan fingerprint density at radius 1 is 1.05 bits per heavy atom. The van der Waals surface area contributed by atoms with Gasteiger partial charge in [0.25, 0.3) is 0 Å². The summed E-state index contributed by atoms with van der Waals surface area (Å²) in [6, 6.07) is 15.2. The fraction of sp³-hybridized carbons (Fsp3) is 0.250. The molecule has 0 amide bonds. The van der Waals surface area contributed by atoms with Crippen LogP contribution in [0, 0.1) is 0 Å². The molecule has 0 fully saturated rings. The van der Waals surface area contributed by atoms with Crippen LogP contribution in [0.5, 0.6) is 11.5 Å². The predicted octanol–water partition coefficient (Wildman–Crippen LogP) is 3.96. The highest BCUT2D eigenvalue weighted by molar-refractivity contribution is 9.10. The average molecular weight is 337 g/mol. The second kappa shape index (κ2) is 7.31. The summed E-state index contributed by atoms with van der Waals surface area (Å²) in [5, 5.41) is 9.70. The van der Waals surface area contributed by atoms with Crippen LogP contribution >= 0.6 is 15.9 Å². The van der Waals surface area contributed by atoms with E-state index in [9.17, 15) is 5.11 Å². The largest absolute Gasteiger partial charge is 0.490 e. The lowest BCUT2D eigenvalue weighted by Crippen LogP contribution is -2.10. The Labute approximate surface area is 127 Å². The van der Waals surface area contributed by atoms with Crippen LogP contribution < -0.4 is 9.47 Å². The maximum Gasteiger partial charge on any atom is 0.126 e. The van der Waals surface area contributed by atoms with Crippen LogP contribution in [0.3, 0.4) is 0 Å². The molecular formula is C16H17BrO3. The number of para-hydroxylation sites is 1. The molecule has 2 aromatic carbocycles. The van der Waals surface area contributed by atoms with E-state index < -0.39 is 6.10 Å². The molecule has 0 unspecified atom stereocenters. The van der Waals surface area contributed by atoms with Crippen LogP contribution in [0.15, 0.2) is 53.0 Å². The molecule has 20 heavy (non-hydrogen) atoms. The minimum atomic E-state index is -0.562. The van der Waals surface area contributed by atoms with Gasteiger partial charge in [-0.15, -0.1) is 0 Å². The van der Waals surface area contributed by atoms with Crippen molar-refractivity contribution < 1.29 is 14.6 Å². The topological polar surface area (TPSA) is 38.7 Å². The Hall–Kier alpha value is -1.52. The van der Waals surface area contributed by atoms with Crippen molar-refractivity contribution in [2.24, 2.45) is 0 Å². The number of benzene rings is 2. The third-order valence-corrected chi connectivity index (χ3v) is 3.27. The van der Waals surface area contributed by atoms with Gasteiger partial charge >= 0.3 is 0 Å². The van der Waals surface area contributed by atoms with Crippen molar-refractivity contribution in [1.29, 1.82) is 0 Å². The fourth-order valence-corrected chi connectivity index (χ4v) is 2.15. The lowest BCUT2D eigenvalue weighted by molar-refractivity contribution is 0.182. The summed E-state index contributed by atoms with van der Waals surface area (Å²) in [6.07, 6.45) is -0.562. The molecule has 106 valence electrons. The Morgan fingerprint density at radius 2 is 1.75 bits per heavy atom. The van der Waals surface area contributed by atoms with Crippen molar-refractivity contribution in [2.45, 2.75) is 13.0 Å². The molecule has 0 saturated heterocycles. The first-order chi connectivity index (χ1) is 9.66. The number of aliphatic hydroxyl groups is 1. The number of hydrogen-bond acceptors (Lipinski definition) is 3. The van der Waals surface area contributed by atoms with Gasteiger partial charge in [0.05, 0.1) is 6.10 Å². The summed E-state index contributed by atoms with van der Waals surface area (Å²) in [5.74, 6) is 1.49. The maximum absolute atomic E-state index is 9.70. The van der Waals surface area contributed by atoms with E-state index in [4.69, 9.17) is 9.47 Å². The molecule has 0 bridgehead atoms. The molecule has 0 aliphatic rings. The van der Waals surface area contributed by atoms with Crippen LogP contribution in [-0.4, -0.2) is 18.3 Å². The standard InChI is InChI=1S/C16H17BrO3/c1-12(18)15-8-7-13(17)11-16(15)20-10-9-19-14-5-3-2-4-6-14/h2-8,11-12,18H,9-10H2,1H3/t12-/m0/s1. The Bertz CT molecular complexity index is 541. The molecule has 1 atom stereocenters. The van der Waals surface area contributed by atoms with Gasteiger partial charge in [0, 0.05) is 10.0 Å². The third kappa shape index (κ3) is 4.25. The number of rotatable bonds is 6. The minimum absolute atomic E-state index is 0.422. The molecule has 0 aliphatic carbocycles. The zero-order valence-corrected chi connectivity index (χ0v) is 12.8. The quantitative estimate of drug-likeness (QED) is 0.811. The molecule has 0 aromatic heterocycles. The van der Waals surface area contributed by atoms with E-state index in [1.807, 2.05) is 48.5 Å². The van der Waals surface area contributed by atoms with E-state index in [1.165, 1.54) is 0 Å². The van der Waals surface area contributed by atoms with Crippen LogP contribution in [-0.2, 0) is 0 Å². The predicted molar refractivity (Wildman–Crippen MR) is 82.2 cm³/mol. The van der Waals surface area contributed by atoms with Gasteiger partial charge in [0.2, 0.25) is 0 Å². The maximum atomic E-state index is 9.70. The second-order valence-electron chi connectivity index (χ2n) is 4.37. The zero-order chi connectivity index (χ0) is 14.4. The second-order valence-corrected chi connectivity index (χ2v) is 5.28. The molecular weight excluding hydrogens is 320 g/mol. The van der Waals surface area contributed by atoms with E-state index in [-0.39, 0.29) is 0 Å². The summed E-state index contributed by atoms with van der Waals surface area (Å²) >= 11 is 3.40. The van der Waals surface area contributed by atoms with Gasteiger partial charge in [-0.05, 0) is 31.2 Å². The first kappa shape index (κ1) is 14.9. The minimum Gasteiger partial charge on any atom is -0.490 e. The smallest absolute Gasteiger partial charge is 0.126 e. The monoisotopic (exact) mass is 336 g/mol. The van der Waals surface area contributed by atoms with Gasteiger partial charge in [-0.3, -0.25) is 0 Å². The van der Waals surface area contributed by atoms with Crippen molar-refractivity contribution in [3.05, 3.63) is 58.6 Å². The molecule has 0 aliphatic heterocycles.